The first-order valence-electron chi connectivity index (χ1n) is 15.6. The van der Waals surface area contributed by atoms with Crippen molar-refractivity contribution in [1.82, 2.24) is 4.90 Å². The Morgan fingerprint density at radius 2 is 1.67 bits per heavy atom. The second kappa shape index (κ2) is 11.2. The van der Waals surface area contributed by atoms with Crippen LogP contribution in [0.3, 0.4) is 0 Å². The van der Waals surface area contributed by atoms with Crippen molar-refractivity contribution in [2.45, 2.75) is 91.8 Å². The Hall–Kier alpha value is -3.25. The van der Waals surface area contributed by atoms with E-state index in [4.69, 9.17) is 4.74 Å². The minimum atomic E-state index is -5.42. The molecular formula is C33H40F6N2O5. The predicted octanol–water partition coefficient (Wildman–Crippen LogP) is 8.35. The molecule has 1 aromatic rings. The van der Waals surface area contributed by atoms with Crippen LogP contribution in [-0.2, 0) is 20.5 Å². The number of ether oxygens (including phenoxy) is 2. The Labute approximate surface area is 264 Å². The number of nitrogens with one attached hydrogen (secondary N) is 1. The van der Waals surface area contributed by atoms with E-state index in [2.05, 4.69) is 17.0 Å². The molecule has 0 bridgehead atoms. The number of ketones is 1. The number of piperidine rings is 1. The fourth-order valence-corrected chi connectivity index (χ4v) is 8.88. The average molecular weight is 659 g/mol. The topological polar surface area (TPSA) is 84.9 Å². The van der Waals surface area contributed by atoms with E-state index in [1.807, 2.05) is 13.8 Å². The molecule has 1 aromatic carbocycles. The number of amides is 2. The van der Waals surface area contributed by atoms with Crippen LogP contribution in [-0.4, -0.2) is 41.2 Å². The molecule has 3 aliphatic carbocycles. The summed E-state index contributed by atoms with van der Waals surface area (Å²) < 4.78 is 90.0. The first kappa shape index (κ1) is 34.1. The number of hydrogen-bond acceptors (Lipinski definition) is 5. The van der Waals surface area contributed by atoms with Gasteiger partial charge in [-0.3, -0.25) is 14.5 Å². The van der Waals surface area contributed by atoms with Gasteiger partial charge in [-0.1, -0.05) is 26.8 Å². The number of benzene rings is 1. The molecule has 13 heteroatoms. The number of likely N-dealkylation sites (tertiary alicyclic amines) is 1. The van der Waals surface area contributed by atoms with E-state index < -0.39 is 63.9 Å². The van der Waals surface area contributed by atoms with Crippen LogP contribution in [0.25, 0.3) is 0 Å². The smallest absolute Gasteiger partial charge is 0.443 e. The molecule has 0 aromatic heterocycles. The Balaban J connectivity index is 1.46. The number of alkyl halides is 6. The SMILES string of the molecule is CC1C[C@@]2(C)C(=CC1=O)N(C(=O)OC(C)(C)C)CC1C3CCC(C(=O)Nc4cccc(C(F)(F)F)c4OC(F)(F)F)[C@@]3(C)CCC12. The molecular weight excluding hydrogens is 618 g/mol. The van der Waals surface area contributed by atoms with Gasteiger partial charge in [-0.15, -0.1) is 13.2 Å². The van der Waals surface area contributed by atoms with Crippen molar-refractivity contribution >= 4 is 23.5 Å². The van der Waals surface area contributed by atoms with Gasteiger partial charge in [-0.25, -0.2) is 4.79 Å². The van der Waals surface area contributed by atoms with Crippen LogP contribution in [0.15, 0.2) is 30.0 Å². The third-order valence-electron chi connectivity index (χ3n) is 10.7. The number of halogens is 6. The number of carbonyl (C=O) groups is 3. The van der Waals surface area contributed by atoms with E-state index in [-0.39, 0.29) is 36.0 Å². The van der Waals surface area contributed by atoms with Gasteiger partial charge in [-0.05, 0) is 88.2 Å². The Kier molecular flexibility index (Phi) is 8.29. The summed E-state index contributed by atoms with van der Waals surface area (Å²) in [5, 5.41) is 2.34. The molecule has 46 heavy (non-hydrogen) atoms. The highest BCUT2D eigenvalue weighted by molar-refractivity contribution is 5.95. The highest BCUT2D eigenvalue weighted by Crippen LogP contribution is 2.66. The van der Waals surface area contributed by atoms with E-state index in [0.29, 0.717) is 43.9 Å². The molecule has 4 aliphatic rings. The van der Waals surface area contributed by atoms with Crippen LogP contribution < -0.4 is 10.1 Å². The molecule has 0 radical (unpaired) electrons. The summed E-state index contributed by atoms with van der Waals surface area (Å²) in [6.07, 6.45) is -6.82. The summed E-state index contributed by atoms with van der Waals surface area (Å²) in [7, 11) is 0. The van der Waals surface area contributed by atoms with E-state index >= 15 is 0 Å². The number of hydrogen-bond donors (Lipinski definition) is 1. The molecule has 3 fully saturated rings. The third-order valence-corrected chi connectivity index (χ3v) is 10.7. The lowest BCUT2D eigenvalue weighted by Crippen LogP contribution is -2.60. The van der Waals surface area contributed by atoms with Crippen molar-refractivity contribution in [3.63, 3.8) is 0 Å². The Bertz CT molecular complexity index is 1450. The fraction of sp³-hybridized carbons (Fsp3) is 0.667. The summed E-state index contributed by atoms with van der Waals surface area (Å²) >= 11 is 0. The lowest BCUT2D eigenvalue weighted by molar-refractivity contribution is -0.276. The fourth-order valence-electron chi connectivity index (χ4n) is 8.88. The maximum atomic E-state index is 13.8. The van der Waals surface area contributed by atoms with Gasteiger partial charge in [0.1, 0.15) is 11.2 Å². The van der Waals surface area contributed by atoms with Gasteiger partial charge in [0.15, 0.2) is 11.5 Å². The number of nitrogens with zero attached hydrogens (tertiary/aromatic N) is 1. The van der Waals surface area contributed by atoms with Crippen LogP contribution in [0.4, 0.5) is 36.8 Å². The van der Waals surface area contributed by atoms with Crippen molar-refractivity contribution in [3.05, 3.63) is 35.5 Å². The maximum absolute atomic E-state index is 13.8. The molecule has 2 amide bonds. The molecule has 1 heterocycles. The monoisotopic (exact) mass is 658 g/mol. The van der Waals surface area contributed by atoms with Crippen molar-refractivity contribution in [2.24, 2.45) is 40.4 Å². The van der Waals surface area contributed by atoms with E-state index in [9.17, 15) is 40.7 Å². The zero-order valence-electron chi connectivity index (χ0n) is 26.7. The molecule has 1 N–H and O–H groups in total. The van der Waals surface area contributed by atoms with Crippen LogP contribution in [0.5, 0.6) is 5.75 Å². The minimum Gasteiger partial charge on any atom is -0.443 e. The van der Waals surface area contributed by atoms with Gasteiger partial charge < -0.3 is 14.8 Å². The number of carbonyl (C=O) groups excluding carboxylic acids is 3. The summed E-state index contributed by atoms with van der Waals surface area (Å²) in [5.74, 6) is -3.27. The van der Waals surface area contributed by atoms with Gasteiger partial charge >= 0.3 is 18.6 Å². The van der Waals surface area contributed by atoms with E-state index in [1.165, 1.54) is 0 Å². The summed E-state index contributed by atoms with van der Waals surface area (Å²) in [6.45, 7) is 11.4. The Morgan fingerprint density at radius 3 is 2.28 bits per heavy atom. The molecule has 2 saturated carbocycles. The van der Waals surface area contributed by atoms with E-state index in [1.54, 1.807) is 31.7 Å². The van der Waals surface area contributed by atoms with Gasteiger partial charge in [0, 0.05) is 35.6 Å². The number of anilines is 1. The van der Waals surface area contributed by atoms with Crippen molar-refractivity contribution in [2.75, 3.05) is 11.9 Å². The first-order chi connectivity index (χ1) is 21.0. The zero-order valence-corrected chi connectivity index (χ0v) is 26.7. The lowest BCUT2D eigenvalue weighted by atomic mass is 9.49. The standard InChI is InChI=1S/C33H40F6N2O5/c1-17-15-31(6)20-12-13-30(5)19(18(20)16-41(25(31)14-24(17)42)28(44)46-29(2,3)4)10-11-22(30)27(43)40-23-9-7-8-21(32(34,35)36)26(23)45-33(37,38)39/h7-9,14,17-20,22H,10-13,15-16H2,1-6H3,(H,40,43)/t17?,18?,19?,20?,22?,30-,31+/m0/s1. The largest absolute Gasteiger partial charge is 0.573 e. The second-order valence-electron chi connectivity index (χ2n) is 14.8. The molecule has 1 saturated heterocycles. The second-order valence-corrected chi connectivity index (χ2v) is 14.8. The van der Waals surface area contributed by atoms with Crippen LogP contribution in [0.1, 0.15) is 79.2 Å². The van der Waals surface area contributed by atoms with E-state index in [0.717, 1.165) is 12.1 Å². The minimum absolute atomic E-state index is 0.0544. The normalized spacial score (nSPS) is 33.0. The summed E-state index contributed by atoms with van der Waals surface area (Å²) in [6, 6.07) is 2.34. The Morgan fingerprint density at radius 1 is 1.00 bits per heavy atom. The highest BCUT2D eigenvalue weighted by atomic mass is 19.4. The summed E-state index contributed by atoms with van der Waals surface area (Å²) in [4.78, 5) is 41.7. The number of fused-ring (bicyclic) bond motifs is 5. The van der Waals surface area contributed by atoms with Gasteiger partial charge in [0.2, 0.25) is 5.91 Å². The van der Waals surface area contributed by atoms with Crippen LogP contribution >= 0.6 is 0 Å². The van der Waals surface area contributed by atoms with Gasteiger partial charge in [0.25, 0.3) is 0 Å². The first-order valence-corrected chi connectivity index (χ1v) is 15.6. The van der Waals surface area contributed by atoms with Crippen molar-refractivity contribution in [3.8, 4) is 5.75 Å². The number of rotatable bonds is 3. The van der Waals surface area contributed by atoms with Crippen LogP contribution in [0, 0.1) is 40.4 Å². The van der Waals surface area contributed by atoms with Gasteiger partial charge in [0.05, 0.1) is 5.69 Å². The molecule has 0 spiro atoms. The number of para-hydroxylation sites is 1. The quantitative estimate of drug-likeness (QED) is 0.330. The average Bonchev–Trinajstić information content (AvgIpc) is 3.25. The molecule has 7 nitrogen and oxygen atoms in total. The van der Waals surface area contributed by atoms with Crippen molar-refractivity contribution in [1.29, 1.82) is 0 Å². The van der Waals surface area contributed by atoms with Gasteiger partial charge in [-0.2, -0.15) is 13.2 Å². The molecule has 5 unspecified atom stereocenters. The number of allylic oxidation sites excluding steroid dienone is 2. The summed E-state index contributed by atoms with van der Waals surface area (Å²) in [5.41, 5.74) is -3.67. The predicted molar refractivity (Wildman–Crippen MR) is 155 cm³/mol. The molecule has 254 valence electrons. The van der Waals surface area contributed by atoms with Crippen LogP contribution in [0.2, 0.25) is 0 Å². The molecule has 5 rings (SSSR count). The zero-order chi connectivity index (χ0) is 34.2. The molecule has 1 aliphatic heterocycles. The highest BCUT2D eigenvalue weighted by Gasteiger charge is 2.63. The van der Waals surface area contributed by atoms with Crippen molar-refractivity contribution < 1.29 is 50.2 Å². The maximum Gasteiger partial charge on any atom is 0.573 e. The molecule has 7 atom stereocenters. The lowest BCUT2D eigenvalue weighted by Gasteiger charge is -2.60. The third kappa shape index (κ3) is 6.10.